The van der Waals surface area contributed by atoms with Gasteiger partial charge < -0.3 is 10.2 Å². The van der Waals surface area contributed by atoms with Crippen LogP contribution in [-0.2, 0) is 24.1 Å². The van der Waals surface area contributed by atoms with Crippen LogP contribution in [-0.4, -0.2) is 25.5 Å². The Bertz CT molecular complexity index is 522. The second-order valence-electron chi connectivity index (χ2n) is 6.40. The number of hydrogen-bond acceptors (Lipinski definition) is 2. The smallest absolute Gasteiger partial charge is 0.227 e. The van der Waals surface area contributed by atoms with Gasteiger partial charge in [0.05, 0.1) is 0 Å². The first-order valence-electron chi connectivity index (χ1n) is 7.81. The van der Waals surface area contributed by atoms with E-state index in [1.807, 2.05) is 4.90 Å². The molecule has 0 unspecified atom stereocenters. The minimum atomic E-state index is 0.290. The van der Waals surface area contributed by atoms with Gasteiger partial charge in [0.25, 0.3) is 0 Å². The normalized spacial score (nSPS) is 18.8. The van der Waals surface area contributed by atoms with Crippen LogP contribution in [0.3, 0.4) is 0 Å². The standard InChI is InChI=1S/C17H24N2O/c1-12(2)11-19-16-10-14-6-8-18-7-5-13(14)9-15(16)3-4-17(19)20/h9-10,12,18H,3-8,11H2,1-2H3. The number of nitrogens with one attached hydrogen (secondary N) is 1. The van der Waals surface area contributed by atoms with Crippen LogP contribution < -0.4 is 10.2 Å². The van der Waals surface area contributed by atoms with E-state index in [1.54, 1.807) is 0 Å². The molecular formula is C17H24N2O. The van der Waals surface area contributed by atoms with Crippen molar-refractivity contribution in [1.82, 2.24) is 5.32 Å². The Morgan fingerprint density at radius 2 is 1.75 bits per heavy atom. The highest BCUT2D eigenvalue weighted by Gasteiger charge is 2.26. The Balaban J connectivity index is 2.00. The van der Waals surface area contributed by atoms with Crippen LogP contribution >= 0.6 is 0 Å². The Hall–Kier alpha value is -1.35. The molecule has 1 aromatic rings. The molecule has 2 aliphatic heterocycles. The van der Waals surface area contributed by atoms with Crippen molar-refractivity contribution in [1.29, 1.82) is 0 Å². The molecule has 1 aromatic carbocycles. The molecule has 2 heterocycles. The zero-order chi connectivity index (χ0) is 14.1. The molecule has 1 N–H and O–H groups in total. The Labute approximate surface area is 121 Å². The highest BCUT2D eigenvalue weighted by Crippen LogP contribution is 2.32. The van der Waals surface area contributed by atoms with Gasteiger partial charge in [-0.15, -0.1) is 0 Å². The molecule has 0 bridgehead atoms. The first-order valence-corrected chi connectivity index (χ1v) is 7.81. The lowest BCUT2D eigenvalue weighted by molar-refractivity contribution is -0.119. The summed E-state index contributed by atoms with van der Waals surface area (Å²) in [7, 11) is 0. The number of aryl methyl sites for hydroxylation is 1. The summed E-state index contributed by atoms with van der Waals surface area (Å²) < 4.78 is 0. The summed E-state index contributed by atoms with van der Waals surface area (Å²) in [5.41, 5.74) is 5.45. The topological polar surface area (TPSA) is 32.3 Å². The maximum absolute atomic E-state index is 12.2. The van der Waals surface area contributed by atoms with Gasteiger partial charge in [-0.2, -0.15) is 0 Å². The minimum Gasteiger partial charge on any atom is -0.316 e. The second kappa shape index (κ2) is 5.57. The summed E-state index contributed by atoms with van der Waals surface area (Å²) in [5.74, 6) is 0.795. The molecule has 0 aliphatic carbocycles. The minimum absolute atomic E-state index is 0.290. The fourth-order valence-electron chi connectivity index (χ4n) is 3.29. The van der Waals surface area contributed by atoms with Crippen LogP contribution in [0.15, 0.2) is 12.1 Å². The average Bonchev–Trinajstić information content (AvgIpc) is 2.64. The van der Waals surface area contributed by atoms with Crippen LogP contribution in [0.2, 0.25) is 0 Å². The van der Waals surface area contributed by atoms with Crippen LogP contribution in [0.25, 0.3) is 0 Å². The summed E-state index contributed by atoms with van der Waals surface area (Å²) in [6, 6.07) is 4.65. The molecule has 3 rings (SSSR count). The molecule has 0 aromatic heterocycles. The van der Waals surface area contributed by atoms with E-state index in [1.165, 1.54) is 22.4 Å². The zero-order valence-electron chi connectivity index (χ0n) is 12.5. The molecule has 0 spiro atoms. The highest BCUT2D eigenvalue weighted by molar-refractivity contribution is 5.96. The quantitative estimate of drug-likeness (QED) is 0.896. The number of carbonyl (C=O) groups is 1. The molecule has 0 saturated carbocycles. The van der Waals surface area contributed by atoms with E-state index in [4.69, 9.17) is 0 Å². The number of fused-ring (bicyclic) bond motifs is 2. The average molecular weight is 272 g/mol. The van der Waals surface area contributed by atoms with Gasteiger partial charge in [-0.25, -0.2) is 0 Å². The SMILES string of the molecule is CC(C)CN1C(=O)CCc2cc3c(cc21)CCNCC3. The van der Waals surface area contributed by atoms with Crippen molar-refractivity contribution in [2.45, 2.75) is 39.5 Å². The number of carbonyl (C=O) groups excluding carboxylic acids is 1. The van der Waals surface area contributed by atoms with Gasteiger partial charge in [0, 0.05) is 18.7 Å². The summed E-state index contributed by atoms with van der Waals surface area (Å²) in [6.45, 7) is 7.30. The number of benzene rings is 1. The summed E-state index contributed by atoms with van der Waals surface area (Å²) >= 11 is 0. The third-order valence-electron chi connectivity index (χ3n) is 4.29. The lowest BCUT2D eigenvalue weighted by atomic mass is 9.92. The predicted molar refractivity (Wildman–Crippen MR) is 82.2 cm³/mol. The van der Waals surface area contributed by atoms with Crippen LogP contribution in [0.4, 0.5) is 5.69 Å². The molecule has 0 radical (unpaired) electrons. The lowest BCUT2D eigenvalue weighted by Crippen LogP contribution is -2.38. The number of hydrogen-bond donors (Lipinski definition) is 1. The first-order chi connectivity index (χ1) is 9.65. The van der Waals surface area contributed by atoms with E-state index in [2.05, 4.69) is 31.3 Å². The first kappa shape index (κ1) is 13.6. The molecule has 3 heteroatoms. The van der Waals surface area contributed by atoms with Crippen LogP contribution in [0, 0.1) is 5.92 Å². The van der Waals surface area contributed by atoms with E-state index in [0.29, 0.717) is 12.3 Å². The molecule has 0 atom stereocenters. The summed E-state index contributed by atoms with van der Waals surface area (Å²) in [5, 5.41) is 3.46. The van der Waals surface area contributed by atoms with Crippen LogP contribution in [0.1, 0.15) is 37.0 Å². The summed E-state index contributed by atoms with van der Waals surface area (Å²) in [6.07, 6.45) is 3.76. The van der Waals surface area contributed by atoms with Crippen molar-refractivity contribution in [3.05, 3.63) is 28.8 Å². The molecule has 2 aliphatic rings. The van der Waals surface area contributed by atoms with E-state index in [-0.39, 0.29) is 5.91 Å². The molecular weight excluding hydrogens is 248 g/mol. The van der Waals surface area contributed by atoms with Crippen molar-refractivity contribution in [3.63, 3.8) is 0 Å². The van der Waals surface area contributed by atoms with Gasteiger partial charge in [0.15, 0.2) is 0 Å². The van der Waals surface area contributed by atoms with Gasteiger partial charge in [-0.1, -0.05) is 19.9 Å². The number of anilines is 1. The fourth-order valence-corrected chi connectivity index (χ4v) is 3.29. The van der Waals surface area contributed by atoms with E-state index < -0.39 is 0 Å². The van der Waals surface area contributed by atoms with Crippen molar-refractivity contribution in [3.8, 4) is 0 Å². The molecule has 20 heavy (non-hydrogen) atoms. The van der Waals surface area contributed by atoms with Gasteiger partial charge in [-0.3, -0.25) is 4.79 Å². The van der Waals surface area contributed by atoms with E-state index in [0.717, 1.165) is 38.9 Å². The number of rotatable bonds is 2. The van der Waals surface area contributed by atoms with Crippen molar-refractivity contribution >= 4 is 11.6 Å². The Kier molecular flexibility index (Phi) is 3.79. The Morgan fingerprint density at radius 3 is 2.45 bits per heavy atom. The molecule has 3 nitrogen and oxygen atoms in total. The summed E-state index contributed by atoms with van der Waals surface area (Å²) in [4.78, 5) is 14.3. The maximum Gasteiger partial charge on any atom is 0.227 e. The molecule has 108 valence electrons. The zero-order valence-corrected chi connectivity index (χ0v) is 12.5. The van der Waals surface area contributed by atoms with Crippen molar-refractivity contribution in [2.24, 2.45) is 5.92 Å². The second-order valence-corrected chi connectivity index (χ2v) is 6.40. The Morgan fingerprint density at radius 1 is 1.05 bits per heavy atom. The monoisotopic (exact) mass is 272 g/mol. The van der Waals surface area contributed by atoms with Gasteiger partial charge >= 0.3 is 0 Å². The largest absolute Gasteiger partial charge is 0.316 e. The lowest BCUT2D eigenvalue weighted by Gasteiger charge is -2.32. The predicted octanol–water partition coefficient (Wildman–Crippen LogP) is 2.31. The molecule has 0 fully saturated rings. The van der Waals surface area contributed by atoms with Gasteiger partial charge in [0.2, 0.25) is 5.91 Å². The van der Waals surface area contributed by atoms with Crippen LogP contribution in [0.5, 0.6) is 0 Å². The third kappa shape index (κ3) is 2.59. The van der Waals surface area contributed by atoms with Gasteiger partial charge in [0.1, 0.15) is 0 Å². The number of amides is 1. The molecule has 1 amide bonds. The van der Waals surface area contributed by atoms with Crippen molar-refractivity contribution in [2.75, 3.05) is 24.5 Å². The highest BCUT2D eigenvalue weighted by atomic mass is 16.2. The van der Waals surface area contributed by atoms with Gasteiger partial charge in [-0.05, 0) is 61.0 Å². The van der Waals surface area contributed by atoms with Crippen molar-refractivity contribution < 1.29 is 4.79 Å². The maximum atomic E-state index is 12.2. The number of nitrogens with zero attached hydrogens (tertiary/aromatic N) is 1. The van der Waals surface area contributed by atoms with E-state index in [9.17, 15) is 4.79 Å². The third-order valence-corrected chi connectivity index (χ3v) is 4.29. The molecule has 0 saturated heterocycles. The fraction of sp³-hybridized carbons (Fsp3) is 0.588. The van der Waals surface area contributed by atoms with E-state index >= 15 is 0 Å².